The van der Waals surface area contributed by atoms with Crippen molar-refractivity contribution in [1.82, 2.24) is 9.97 Å². The summed E-state index contributed by atoms with van der Waals surface area (Å²) in [4.78, 5) is 10.9. The van der Waals surface area contributed by atoms with Crippen LogP contribution in [0.5, 0.6) is 0 Å². The lowest BCUT2D eigenvalue weighted by Crippen LogP contribution is -2.35. The lowest BCUT2D eigenvalue weighted by Gasteiger charge is -2.29. The van der Waals surface area contributed by atoms with Gasteiger partial charge in [-0.15, -0.1) is 0 Å². The van der Waals surface area contributed by atoms with Crippen LogP contribution in [0.3, 0.4) is 0 Å². The Morgan fingerprint density at radius 1 is 1.47 bits per heavy atom. The summed E-state index contributed by atoms with van der Waals surface area (Å²) in [5, 5.41) is 8.88. The minimum absolute atomic E-state index is 0.453. The zero-order chi connectivity index (χ0) is 12.1. The largest absolute Gasteiger partial charge is 0.338 e. The smallest absolute Gasteiger partial charge is 0.226 e. The van der Waals surface area contributed by atoms with E-state index in [1.807, 2.05) is 0 Å². The number of anilines is 1. The zero-order valence-corrected chi connectivity index (χ0v) is 10.3. The van der Waals surface area contributed by atoms with Crippen molar-refractivity contribution in [3.05, 3.63) is 18.0 Å². The van der Waals surface area contributed by atoms with E-state index in [0.29, 0.717) is 11.7 Å². The average Bonchev–Trinajstić information content (AvgIpc) is 2.63. The molecule has 1 fully saturated rings. The maximum Gasteiger partial charge on any atom is 0.226 e. The van der Waals surface area contributed by atoms with Crippen molar-refractivity contribution < 1.29 is 0 Å². The quantitative estimate of drug-likeness (QED) is 0.783. The molecule has 17 heavy (non-hydrogen) atoms. The molecule has 90 valence electrons. The third-order valence-electron chi connectivity index (χ3n) is 3.36. The zero-order valence-electron chi connectivity index (χ0n) is 10.3. The molecule has 1 atom stereocenters. The van der Waals surface area contributed by atoms with E-state index in [0.717, 1.165) is 18.9 Å². The molecule has 0 radical (unpaired) electrons. The van der Waals surface area contributed by atoms with Gasteiger partial charge in [0.2, 0.25) is 5.95 Å². The predicted molar refractivity (Wildman–Crippen MR) is 66.6 cm³/mol. The summed E-state index contributed by atoms with van der Waals surface area (Å²) < 4.78 is 0. The number of aromatic nitrogens is 2. The Morgan fingerprint density at radius 2 is 2.35 bits per heavy atom. The van der Waals surface area contributed by atoms with Crippen molar-refractivity contribution in [3.8, 4) is 6.07 Å². The van der Waals surface area contributed by atoms with Gasteiger partial charge in [-0.3, -0.25) is 0 Å². The number of rotatable bonds is 2. The van der Waals surface area contributed by atoms with Gasteiger partial charge < -0.3 is 4.90 Å². The first-order chi connectivity index (χ1) is 8.35. The van der Waals surface area contributed by atoms with Crippen LogP contribution in [0.25, 0.3) is 0 Å². The normalized spacial score (nSPS) is 20.7. The van der Waals surface area contributed by atoms with Crippen LogP contribution >= 0.6 is 0 Å². The summed E-state index contributed by atoms with van der Waals surface area (Å²) in [5.41, 5.74) is 0.453. The van der Waals surface area contributed by atoms with Crippen LogP contribution in [0.15, 0.2) is 12.3 Å². The van der Waals surface area contributed by atoms with Gasteiger partial charge in [0.1, 0.15) is 11.8 Å². The Balaban J connectivity index is 2.25. The monoisotopic (exact) mass is 230 g/mol. The molecule has 4 heteroatoms. The summed E-state index contributed by atoms with van der Waals surface area (Å²) in [6.45, 7) is 3.21. The van der Waals surface area contributed by atoms with Crippen molar-refractivity contribution in [1.29, 1.82) is 5.26 Å². The molecule has 4 nitrogen and oxygen atoms in total. The fourth-order valence-electron chi connectivity index (χ4n) is 2.41. The molecule has 0 aliphatic carbocycles. The first-order valence-electron chi connectivity index (χ1n) is 6.35. The van der Waals surface area contributed by atoms with E-state index in [-0.39, 0.29) is 0 Å². The number of hydrogen-bond donors (Lipinski definition) is 0. The predicted octanol–water partition coefficient (Wildman–Crippen LogP) is 2.51. The fourth-order valence-corrected chi connectivity index (χ4v) is 2.41. The van der Waals surface area contributed by atoms with Crippen molar-refractivity contribution >= 4 is 5.95 Å². The highest BCUT2D eigenvalue weighted by Crippen LogP contribution is 2.22. The summed E-state index contributed by atoms with van der Waals surface area (Å²) in [7, 11) is 0. The Kier molecular flexibility index (Phi) is 3.92. The van der Waals surface area contributed by atoms with Crippen molar-refractivity contribution in [2.75, 3.05) is 11.4 Å². The fraction of sp³-hybridized carbons (Fsp3) is 0.615. The molecule has 2 rings (SSSR count). The van der Waals surface area contributed by atoms with Crippen LogP contribution in [0.2, 0.25) is 0 Å². The van der Waals surface area contributed by atoms with Crippen LogP contribution < -0.4 is 4.90 Å². The molecule has 0 N–H and O–H groups in total. The van der Waals surface area contributed by atoms with E-state index in [9.17, 15) is 0 Å². The molecule has 1 aliphatic heterocycles. The standard InChI is InChI=1S/C13H18N4/c1-2-12-6-4-3-5-9-17(12)13-15-8-7-11(10-14)16-13/h7-8,12H,2-6,9H2,1H3. The van der Waals surface area contributed by atoms with Crippen molar-refractivity contribution in [3.63, 3.8) is 0 Å². The van der Waals surface area contributed by atoms with E-state index in [4.69, 9.17) is 5.26 Å². The van der Waals surface area contributed by atoms with Gasteiger partial charge in [-0.25, -0.2) is 9.97 Å². The molecule has 0 spiro atoms. The maximum atomic E-state index is 8.88. The molecule has 0 saturated carbocycles. The summed E-state index contributed by atoms with van der Waals surface area (Å²) in [5.74, 6) is 0.720. The highest BCUT2D eigenvalue weighted by Gasteiger charge is 2.21. The Bertz CT molecular complexity index is 410. The van der Waals surface area contributed by atoms with Gasteiger partial charge in [0.05, 0.1) is 0 Å². The van der Waals surface area contributed by atoms with Gasteiger partial charge >= 0.3 is 0 Å². The third kappa shape index (κ3) is 2.73. The van der Waals surface area contributed by atoms with Crippen molar-refractivity contribution in [2.24, 2.45) is 0 Å². The molecule has 1 unspecified atom stereocenters. The summed E-state index contributed by atoms with van der Waals surface area (Å²) >= 11 is 0. The van der Waals surface area contributed by atoms with Crippen molar-refractivity contribution in [2.45, 2.75) is 45.1 Å². The van der Waals surface area contributed by atoms with Gasteiger partial charge in [-0.05, 0) is 25.3 Å². The summed E-state index contributed by atoms with van der Waals surface area (Å²) in [6, 6.07) is 4.25. The van der Waals surface area contributed by atoms with E-state index < -0.39 is 0 Å². The Morgan fingerprint density at radius 3 is 3.12 bits per heavy atom. The van der Waals surface area contributed by atoms with Crippen LogP contribution in [0.1, 0.15) is 44.7 Å². The van der Waals surface area contributed by atoms with Gasteiger partial charge in [0, 0.05) is 18.8 Å². The Hall–Kier alpha value is -1.63. The first kappa shape index (κ1) is 11.8. The molecular weight excluding hydrogens is 212 g/mol. The maximum absolute atomic E-state index is 8.88. The SMILES string of the molecule is CCC1CCCCCN1c1nccc(C#N)n1. The second-order valence-corrected chi connectivity index (χ2v) is 4.46. The third-order valence-corrected chi connectivity index (χ3v) is 3.36. The van der Waals surface area contributed by atoms with Crippen LogP contribution in [0.4, 0.5) is 5.95 Å². The number of nitriles is 1. The van der Waals surface area contributed by atoms with Gasteiger partial charge in [-0.2, -0.15) is 5.26 Å². The van der Waals surface area contributed by atoms with Crippen LogP contribution in [-0.2, 0) is 0 Å². The van der Waals surface area contributed by atoms with E-state index >= 15 is 0 Å². The van der Waals surface area contributed by atoms with E-state index in [1.165, 1.54) is 25.7 Å². The summed E-state index contributed by atoms with van der Waals surface area (Å²) in [6.07, 6.45) is 7.75. The molecule has 1 aromatic heterocycles. The molecular formula is C13H18N4. The van der Waals surface area contributed by atoms with E-state index in [1.54, 1.807) is 12.3 Å². The molecule has 1 aromatic rings. The van der Waals surface area contributed by atoms with Crippen LogP contribution in [0, 0.1) is 11.3 Å². The van der Waals surface area contributed by atoms with E-state index in [2.05, 4.69) is 27.9 Å². The lowest BCUT2D eigenvalue weighted by molar-refractivity contribution is 0.547. The Labute approximate surface area is 102 Å². The molecule has 0 aromatic carbocycles. The number of hydrogen-bond acceptors (Lipinski definition) is 4. The van der Waals surface area contributed by atoms with Crippen LogP contribution in [-0.4, -0.2) is 22.6 Å². The minimum Gasteiger partial charge on any atom is -0.338 e. The van der Waals surface area contributed by atoms with Gasteiger partial charge in [-0.1, -0.05) is 19.8 Å². The molecule has 1 aliphatic rings. The molecule has 0 amide bonds. The second kappa shape index (κ2) is 5.62. The van der Waals surface area contributed by atoms with Gasteiger partial charge in [0.25, 0.3) is 0 Å². The first-order valence-corrected chi connectivity index (χ1v) is 6.35. The molecule has 1 saturated heterocycles. The minimum atomic E-state index is 0.453. The second-order valence-electron chi connectivity index (χ2n) is 4.46. The molecule has 0 bridgehead atoms. The molecule has 2 heterocycles. The topological polar surface area (TPSA) is 52.8 Å². The average molecular weight is 230 g/mol. The lowest BCUT2D eigenvalue weighted by atomic mass is 10.1. The number of nitrogens with zero attached hydrogens (tertiary/aromatic N) is 4. The van der Waals surface area contributed by atoms with Gasteiger partial charge in [0.15, 0.2) is 0 Å². The highest BCUT2D eigenvalue weighted by molar-refractivity contribution is 5.35. The highest BCUT2D eigenvalue weighted by atomic mass is 15.3.